The molecule has 1 aromatic heterocycles. The van der Waals surface area contributed by atoms with E-state index >= 15 is 0 Å². The first-order valence-corrected chi connectivity index (χ1v) is 10.6. The van der Waals surface area contributed by atoms with Crippen LogP contribution in [0.4, 0.5) is 5.69 Å². The van der Waals surface area contributed by atoms with Gasteiger partial charge in [0.2, 0.25) is 0 Å². The van der Waals surface area contributed by atoms with Crippen LogP contribution in [-0.2, 0) is 4.74 Å². The smallest absolute Gasteiger partial charge is 0.129 e. The van der Waals surface area contributed by atoms with Crippen LogP contribution in [-0.4, -0.2) is 48.6 Å². The van der Waals surface area contributed by atoms with Crippen LogP contribution in [0.15, 0.2) is 34.8 Å². The van der Waals surface area contributed by atoms with Gasteiger partial charge in [0.05, 0.1) is 34.5 Å². The average Bonchev–Trinajstić information content (AvgIpc) is 3.07. The average molecular weight is 463 g/mol. The Kier molecular flexibility index (Phi) is 7.07. The Labute approximate surface area is 177 Å². The van der Waals surface area contributed by atoms with E-state index in [0.717, 1.165) is 33.0 Å². The van der Waals surface area contributed by atoms with Crippen LogP contribution in [0.3, 0.4) is 0 Å². The molecule has 7 heteroatoms. The van der Waals surface area contributed by atoms with Crippen molar-refractivity contribution in [1.82, 2.24) is 4.98 Å². The number of aryl methyl sites for hydroxylation is 1. The first kappa shape index (κ1) is 20.8. The summed E-state index contributed by atoms with van der Waals surface area (Å²) >= 11 is 4.98. The van der Waals surface area contributed by atoms with Crippen LogP contribution in [0.1, 0.15) is 16.1 Å². The lowest BCUT2D eigenvalue weighted by molar-refractivity contribution is 0.0971. The zero-order valence-corrected chi connectivity index (χ0v) is 18.3. The second kappa shape index (κ2) is 9.52. The van der Waals surface area contributed by atoms with Gasteiger partial charge in [0.25, 0.3) is 0 Å². The molecule has 2 N–H and O–H groups in total. The first-order valence-electron chi connectivity index (χ1n) is 8.95. The number of aromatic nitrogens is 1. The number of anilines is 1. The number of likely N-dealkylation sites (N-methyl/N-ethyl adjacent to an activating group) is 1. The van der Waals surface area contributed by atoms with Gasteiger partial charge in [-0.25, -0.2) is 4.98 Å². The number of halogens is 1. The second-order valence-electron chi connectivity index (χ2n) is 6.46. The number of thiazole rings is 1. The largest absolute Gasteiger partial charge is 0.507 e. The predicted octanol–water partition coefficient (Wildman–Crippen LogP) is 4.69. The number of benzene rings is 2. The summed E-state index contributed by atoms with van der Waals surface area (Å²) in [5.74, 6) is 0.228. The van der Waals surface area contributed by atoms with E-state index in [4.69, 9.17) is 14.8 Å². The molecule has 0 unspecified atom stereocenters. The van der Waals surface area contributed by atoms with Crippen LogP contribution in [0.5, 0.6) is 5.75 Å². The summed E-state index contributed by atoms with van der Waals surface area (Å²) in [6.45, 7) is 3.84. The fourth-order valence-electron chi connectivity index (χ4n) is 2.85. The van der Waals surface area contributed by atoms with E-state index in [1.165, 1.54) is 5.56 Å². The van der Waals surface area contributed by atoms with Crippen molar-refractivity contribution in [3.8, 4) is 5.75 Å². The van der Waals surface area contributed by atoms with Crippen LogP contribution in [0.25, 0.3) is 22.4 Å². The van der Waals surface area contributed by atoms with Crippen molar-refractivity contribution in [2.24, 2.45) is 0 Å². The summed E-state index contributed by atoms with van der Waals surface area (Å²) in [5.41, 5.74) is 4.30. The third kappa shape index (κ3) is 5.11. The number of fused-ring (bicyclic) bond motifs is 1. The molecule has 0 amide bonds. The fraction of sp³-hybridized carbons (Fsp3) is 0.286. The number of ether oxygens (including phenoxy) is 1. The summed E-state index contributed by atoms with van der Waals surface area (Å²) < 4.78 is 7.17. The van der Waals surface area contributed by atoms with Gasteiger partial charge < -0.3 is 19.8 Å². The monoisotopic (exact) mass is 462 g/mol. The van der Waals surface area contributed by atoms with Gasteiger partial charge in [-0.15, -0.1) is 11.3 Å². The summed E-state index contributed by atoms with van der Waals surface area (Å²) in [7, 11) is 2.04. The Hall–Kier alpha value is -1.93. The molecule has 0 aliphatic carbocycles. The predicted molar refractivity (Wildman–Crippen MR) is 120 cm³/mol. The Morgan fingerprint density at radius 3 is 2.79 bits per heavy atom. The Morgan fingerprint density at radius 2 is 2.04 bits per heavy atom. The molecular formula is C21H23BrN2O3S. The summed E-state index contributed by atoms with van der Waals surface area (Å²) in [4.78, 5) is 6.88. The maximum Gasteiger partial charge on any atom is 0.129 e. The molecule has 0 aliphatic heterocycles. The van der Waals surface area contributed by atoms with Gasteiger partial charge in [0, 0.05) is 19.3 Å². The molecule has 0 aliphatic rings. The molecule has 5 nitrogen and oxygen atoms in total. The van der Waals surface area contributed by atoms with E-state index in [0.29, 0.717) is 17.7 Å². The number of aliphatic hydroxyl groups is 1. The van der Waals surface area contributed by atoms with Gasteiger partial charge in [0.1, 0.15) is 10.8 Å². The van der Waals surface area contributed by atoms with Crippen molar-refractivity contribution in [1.29, 1.82) is 0 Å². The van der Waals surface area contributed by atoms with Crippen LogP contribution in [0.2, 0.25) is 0 Å². The second-order valence-corrected chi connectivity index (χ2v) is 8.38. The summed E-state index contributed by atoms with van der Waals surface area (Å²) in [5, 5.41) is 19.3. The van der Waals surface area contributed by atoms with Crippen molar-refractivity contribution >= 4 is 55.3 Å². The van der Waals surface area contributed by atoms with Crippen molar-refractivity contribution in [2.75, 3.05) is 38.3 Å². The maximum atomic E-state index is 9.60. The van der Waals surface area contributed by atoms with Crippen molar-refractivity contribution < 1.29 is 14.9 Å². The van der Waals surface area contributed by atoms with Gasteiger partial charge in [-0.05, 0) is 64.3 Å². The van der Waals surface area contributed by atoms with Crippen LogP contribution >= 0.6 is 27.3 Å². The molecule has 0 fully saturated rings. The zero-order chi connectivity index (χ0) is 20.1. The van der Waals surface area contributed by atoms with Crippen molar-refractivity contribution in [2.45, 2.75) is 6.92 Å². The number of aromatic hydroxyl groups is 1. The normalized spacial score (nSPS) is 11.6. The number of hydrogen-bond donors (Lipinski definition) is 2. The van der Waals surface area contributed by atoms with Gasteiger partial charge >= 0.3 is 0 Å². The lowest BCUT2D eigenvalue weighted by Gasteiger charge is -2.21. The van der Waals surface area contributed by atoms with E-state index < -0.39 is 0 Å². The molecule has 0 atom stereocenters. The number of aliphatic hydroxyl groups excluding tert-OH is 1. The van der Waals surface area contributed by atoms with Crippen LogP contribution < -0.4 is 4.90 Å². The third-order valence-electron chi connectivity index (χ3n) is 4.33. The molecule has 2 aromatic carbocycles. The molecular weight excluding hydrogens is 440 g/mol. The van der Waals surface area contributed by atoms with Crippen molar-refractivity contribution in [3.05, 3.63) is 50.9 Å². The summed E-state index contributed by atoms with van der Waals surface area (Å²) in [6, 6.07) is 9.68. The van der Waals surface area contributed by atoms with Crippen LogP contribution in [0, 0.1) is 6.92 Å². The molecule has 3 aromatic rings. The molecule has 0 saturated heterocycles. The quantitative estimate of drug-likeness (QED) is 0.475. The lowest BCUT2D eigenvalue weighted by atomic mass is 10.1. The highest BCUT2D eigenvalue weighted by atomic mass is 79.9. The molecule has 0 radical (unpaired) electrons. The fourth-order valence-corrected chi connectivity index (χ4v) is 4.13. The minimum atomic E-state index is 0.0486. The van der Waals surface area contributed by atoms with Gasteiger partial charge in [-0.2, -0.15) is 0 Å². The highest BCUT2D eigenvalue weighted by Crippen LogP contribution is 2.31. The van der Waals surface area contributed by atoms with Gasteiger partial charge in [0.15, 0.2) is 0 Å². The Balaban J connectivity index is 1.77. The van der Waals surface area contributed by atoms with Gasteiger partial charge in [-0.3, -0.25) is 0 Å². The van der Waals surface area contributed by atoms with Gasteiger partial charge in [-0.1, -0.05) is 12.1 Å². The highest BCUT2D eigenvalue weighted by molar-refractivity contribution is 9.10. The molecule has 28 heavy (non-hydrogen) atoms. The van der Waals surface area contributed by atoms with E-state index in [1.54, 1.807) is 17.4 Å². The minimum absolute atomic E-state index is 0.0486. The highest BCUT2D eigenvalue weighted by Gasteiger charge is 2.10. The molecule has 3 rings (SSSR count). The SMILES string of the molecule is Cc1cc2nc(C=Cc3ccc(O)c(Br)c3)sc2cc1N(C)CCOCCO. The van der Waals surface area contributed by atoms with E-state index in [1.807, 2.05) is 31.3 Å². The molecule has 148 valence electrons. The topological polar surface area (TPSA) is 65.8 Å². The zero-order valence-electron chi connectivity index (χ0n) is 15.9. The first-order chi connectivity index (χ1) is 13.5. The van der Waals surface area contributed by atoms with E-state index in [2.05, 4.69) is 39.9 Å². The third-order valence-corrected chi connectivity index (χ3v) is 5.95. The standard InChI is InChI=1S/C21H23BrN2O3S/c1-14-11-17-20(13-18(14)24(2)7-9-27-10-8-25)28-21(23-17)6-4-15-3-5-19(26)16(22)12-15/h3-6,11-13,25-26H,7-10H2,1-2H3. The molecule has 1 heterocycles. The Bertz CT molecular complexity index is 987. The molecule has 0 spiro atoms. The number of rotatable bonds is 8. The maximum absolute atomic E-state index is 9.60. The van der Waals surface area contributed by atoms with E-state index in [9.17, 15) is 5.11 Å². The number of phenols is 1. The van der Waals surface area contributed by atoms with E-state index in [-0.39, 0.29) is 12.4 Å². The minimum Gasteiger partial charge on any atom is -0.507 e. The molecule has 0 saturated carbocycles. The lowest BCUT2D eigenvalue weighted by Crippen LogP contribution is -2.23. The number of nitrogens with zero attached hydrogens (tertiary/aromatic N) is 2. The van der Waals surface area contributed by atoms with Crippen molar-refractivity contribution in [3.63, 3.8) is 0 Å². The summed E-state index contributed by atoms with van der Waals surface area (Å²) in [6.07, 6.45) is 3.98. The number of hydrogen-bond acceptors (Lipinski definition) is 6. The molecule has 0 bridgehead atoms. The Morgan fingerprint density at radius 1 is 1.21 bits per heavy atom. The number of phenolic OH excluding ortho intramolecular Hbond substituents is 1.